The molecule has 8 heteroatoms. The number of piperidine rings is 1. The molecule has 7 nitrogen and oxygen atoms in total. The maximum Gasteiger partial charge on any atom is 0.243 e. The van der Waals surface area contributed by atoms with Crippen LogP contribution in [0.2, 0.25) is 0 Å². The fraction of sp³-hybridized carbons (Fsp3) is 0.440. The van der Waals surface area contributed by atoms with E-state index in [1.165, 1.54) is 34.1 Å². The number of hydrogen-bond donors (Lipinski definition) is 0. The van der Waals surface area contributed by atoms with Crippen molar-refractivity contribution in [2.24, 2.45) is 5.92 Å². The number of rotatable bonds is 6. The minimum absolute atomic E-state index is 0.117. The van der Waals surface area contributed by atoms with Crippen LogP contribution in [-0.4, -0.2) is 74.2 Å². The van der Waals surface area contributed by atoms with Crippen LogP contribution in [0.15, 0.2) is 59.5 Å². The molecule has 2 aromatic rings. The van der Waals surface area contributed by atoms with Crippen molar-refractivity contribution in [1.82, 2.24) is 14.1 Å². The monoisotopic (exact) mass is 466 g/mol. The minimum Gasteiger partial charge on any atom is -0.340 e. The maximum atomic E-state index is 13.0. The number of amides is 1. The highest BCUT2D eigenvalue weighted by atomic mass is 32.2. The fourth-order valence-electron chi connectivity index (χ4n) is 4.58. The van der Waals surface area contributed by atoms with Crippen LogP contribution in [0.5, 0.6) is 0 Å². The normalized spacial score (nSPS) is 18.7. The zero-order valence-electron chi connectivity index (χ0n) is 18.8. The molecule has 2 heterocycles. The molecule has 174 valence electrons. The molecule has 33 heavy (non-hydrogen) atoms. The number of nitrogens with zero attached hydrogens (tertiary/aromatic N) is 4. The van der Waals surface area contributed by atoms with Crippen LogP contribution in [0.25, 0.3) is 0 Å². The van der Waals surface area contributed by atoms with Gasteiger partial charge < -0.3 is 4.90 Å². The van der Waals surface area contributed by atoms with Gasteiger partial charge >= 0.3 is 0 Å². The highest BCUT2D eigenvalue weighted by Gasteiger charge is 2.34. The lowest BCUT2D eigenvalue weighted by atomic mass is 9.96. The van der Waals surface area contributed by atoms with Gasteiger partial charge in [-0.3, -0.25) is 9.69 Å². The van der Waals surface area contributed by atoms with Crippen molar-refractivity contribution in [2.45, 2.75) is 24.2 Å². The Kier molecular flexibility index (Phi) is 7.43. The average Bonchev–Trinajstić information content (AvgIpc) is 2.88. The SMILES string of the molecule is N#Cc1ccc(S(=O)(=O)N2CCC(C(=O)N3CCN(CCc4ccccc4)CC3)CC2)cc1. The highest BCUT2D eigenvalue weighted by molar-refractivity contribution is 7.89. The van der Waals surface area contributed by atoms with E-state index in [0.29, 0.717) is 31.5 Å². The Balaban J connectivity index is 1.24. The Bertz CT molecular complexity index is 1080. The van der Waals surface area contributed by atoms with E-state index in [1.807, 2.05) is 17.0 Å². The van der Waals surface area contributed by atoms with Gasteiger partial charge in [0.1, 0.15) is 0 Å². The summed E-state index contributed by atoms with van der Waals surface area (Å²) in [5.41, 5.74) is 1.76. The largest absolute Gasteiger partial charge is 0.340 e. The van der Waals surface area contributed by atoms with Crippen LogP contribution in [-0.2, 0) is 21.2 Å². The van der Waals surface area contributed by atoms with Crippen LogP contribution in [0.4, 0.5) is 0 Å². The molecule has 0 radical (unpaired) electrons. The average molecular weight is 467 g/mol. The number of carbonyl (C=O) groups excluding carboxylic acids is 1. The van der Waals surface area contributed by atoms with Gasteiger partial charge in [0.05, 0.1) is 16.5 Å². The lowest BCUT2D eigenvalue weighted by molar-refractivity contribution is -0.138. The van der Waals surface area contributed by atoms with E-state index in [9.17, 15) is 13.2 Å². The standard InChI is InChI=1S/C25H30N4O3S/c26-20-22-6-8-24(9-7-22)33(31,32)29-14-11-23(12-15-29)25(30)28-18-16-27(17-19-28)13-10-21-4-2-1-3-5-21/h1-9,23H,10-19H2. The molecule has 2 aromatic carbocycles. The molecule has 1 amide bonds. The summed E-state index contributed by atoms with van der Waals surface area (Å²) in [4.78, 5) is 17.6. The Morgan fingerprint density at radius 2 is 1.55 bits per heavy atom. The van der Waals surface area contributed by atoms with E-state index in [1.54, 1.807) is 0 Å². The molecule has 0 unspecified atom stereocenters. The Morgan fingerprint density at radius 3 is 2.15 bits per heavy atom. The van der Waals surface area contributed by atoms with Crippen LogP contribution in [0.3, 0.4) is 0 Å². The van der Waals surface area contributed by atoms with E-state index < -0.39 is 10.0 Å². The molecule has 4 rings (SSSR count). The summed E-state index contributed by atoms with van der Waals surface area (Å²) in [5.74, 6) is 0.0430. The predicted molar refractivity (Wildman–Crippen MR) is 126 cm³/mol. The zero-order chi connectivity index (χ0) is 23.3. The number of sulfonamides is 1. The minimum atomic E-state index is -3.61. The van der Waals surface area contributed by atoms with E-state index >= 15 is 0 Å². The van der Waals surface area contributed by atoms with Crippen LogP contribution >= 0.6 is 0 Å². The van der Waals surface area contributed by atoms with Crippen LogP contribution in [0.1, 0.15) is 24.0 Å². The molecule has 0 bridgehead atoms. The van der Waals surface area contributed by atoms with Crippen molar-refractivity contribution in [3.05, 3.63) is 65.7 Å². The molecule has 2 saturated heterocycles. The van der Waals surface area contributed by atoms with Crippen molar-refractivity contribution in [1.29, 1.82) is 5.26 Å². The summed E-state index contributed by atoms with van der Waals surface area (Å²) in [6.07, 6.45) is 2.10. The summed E-state index contributed by atoms with van der Waals surface area (Å²) in [7, 11) is -3.61. The quantitative estimate of drug-likeness (QED) is 0.653. The molecule has 2 aliphatic rings. The second-order valence-electron chi connectivity index (χ2n) is 8.72. The molecule has 0 spiro atoms. The molecule has 0 aromatic heterocycles. The lowest BCUT2D eigenvalue weighted by Gasteiger charge is -2.38. The Hall–Kier alpha value is -2.73. The third kappa shape index (κ3) is 5.61. The fourth-order valence-corrected chi connectivity index (χ4v) is 6.05. The second-order valence-corrected chi connectivity index (χ2v) is 10.7. The van der Waals surface area contributed by atoms with Gasteiger partial charge in [0, 0.05) is 51.7 Å². The van der Waals surface area contributed by atoms with Gasteiger partial charge in [0.25, 0.3) is 0 Å². The Labute approximate surface area is 196 Å². The highest BCUT2D eigenvalue weighted by Crippen LogP contribution is 2.25. The first kappa shape index (κ1) is 23.4. The summed E-state index contributed by atoms with van der Waals surface area (Å²) in [6, 6.07) is 18.4. The summed E-state index contributed by atoms with van der Waals surface area (Å²) >= 11 is 0. The van der Waals surface area contributed by atoms with Gasteiger partial charge in [0.15, 0.2) is 0 Å². The van der Waals surface area contributed by atoms with Crippen molar-refractivity contribution < 1.29 is 13.2 Å². The van der Waals surface area contributed by atoms with Crippen LogP contribution < -0.4 is 0 Å². The molecular formula is C25H30N4O3S. The van der Waals surface area contributed by atoms with Gasteiger partial charge in [-0.2, -0.15) is 9.57 Å². The molecular weight excluding hydrogens is 436 g/mol. The van der Waals surface area contributed by atoms with Crippen LogP contribution in [0, 0.1) is 17.2 Å². The molecule has 0 atom stereocenters. The number of carbonyl (C=O) groups is 1. The number of benzene rings is 2. The molecule has 2 aliphatic heterocycles. The zero-order valence-corrected chi connectivity index (χ0v) is 19.6. The van der Waals surface area contributed by atoms with Gasteiger partial charge in [0.2, 0.25) is 15.9 Å². The first-order chi connectivity index (χ1) is 16.0. The van der Waals surface area contributed by atoms with Crippen molar-refractivity contribution in [2.75, 3.05) is 45.8 Å². The molecule has 0 aliphatic carbocycles. The third-order valence-corrected chi connectivity index (χ3v) is 8.58. The van der Waals surface area contributed by atoms with E-state index in [0.717, 1.165) is 39.1 Å². The predicted octanol–water partition coefficient (Wildman–Crippen LogP) is 2.35. The van der Waals surface area contributed by atoms with E-state index in [2.05, 4.69) is 29.2 Å². The molecule has 0 saturated carbocycles. The van der Waals surface area contributed by atoms with Crippen molar-refractivity contribution in [3.8, 4) is 6.07 Å². The van der Waals surface area contributed by atoms with Crippen molar-refractivity contribution in [3.63, 3.8) is 0 Å². The van der Waals surface area contributed by atoms with Gasteiger partial charge in [-0.05, 0) is 49.1 Å². The number of hydrogen-bond acceptors (Lipinski definition) is 5. The van der Waals surface area contributed by atoms with Crippen molar-refractivity contribution >= 4 is 15.9 Å². The third-order valence-electron chi connectivity index (χ3n) is 6.67. The lowest BCUT2D eigenvalue weighted by Crippen LogP contribution is -2.52. The summed E-state index contributed by atoms with van der Waals surface area (Å²) < 4.78 is 27.3. The van der Waals surface area contributed by atoms with E-state index in [4.69, 9.17) is 5.26 Å². The first-order valence-corrected chi connectivity index (χ1v) is 13.0. The van der Waals surface area contributed by atoms with E-state index in [-0.39, 0.29) is 16.7 Å². The maximum absolute atomic E-state index is 13.0. The topological polar surface area (TPSA) is 84.7 Å². The smallest absolute Gasteiger partial charge is 0.243 e. The number of nitriles is 1. The van der Waals surface area contributed by atoms with Gasteiger partial charge in [-0.1, -0.05) is 30.3 Å². The second kappa shape index (κ2) is 10.5. The summed E-state index contributed by atoms with van der Waals surface area (Å²) in [5, 5.41) is 8.91. The molecule has 2 fully saturated rings. The van der Waals surface area contributed by atoms with Gasteiger partial charge in [-0.15, -0.1) is 0 Å². The number of piperazine rings is 1. The summed E-state index contributed by atoms with van der Waals surface area (Å²) in [6.45, 7) is 4.91. The molecule has 0 N–H and O–H groups in total. The first-order valence-electron chi connectivity index (χ1n) is 11.5. The Morgan fingerprint density at radius 1 is 0.909 bits per heavy atom. The van der Waals surface area contributed by atoms with Gasteiger partial charge in [-0.25, -0.2) is 8.42 Å².